The molecule has 0 fully saturated rings. The predicted molar refractivity (Wildman–Crippen MR) is 134 cm³/mol. The molecule has 0 unspecified atom stereocenters. The van der Waals surface area contributed by atoms with Crippen LogP contribution in [0, 0.1) is 5.82 Å². The number of rotatable bonds is 6. The Kier molecular flexibility index (Phi) is 6.12. The Morgan fingerprint density at radius 3 is 2.69 bits per heavy atom. The molecule has 1 amide bonds. The van der Waals surface area contributed by atoms with Gasteiger partial charge in [0.15, 0.2) is 0 Å². The van der Waals surface area contributed by atoms with Gasteiger partial charge in [0.1, 0.15) is 12.4 Å². The first-order chi connectivity index (χ1) is 17.0. The van der Waals surface area contributed by atoms with Gasteiger partial charge in [-0.2, -0.15) is 5.10 Å². The molecule has 174 valence electrons. The molecule has 0 saturated carbocycles. The highest BCUT2D eigenvalue weighted by molar-refractivity contribution is 6.30. The zero-order valence-electron chi connectivity index (χ0n) is 18.4. The Labute approximate surface area is 204 Å². The molecule has 2 heterocycles. The summed E-state index contributed by atoms with van der Waals surface area (Å²) in [5.41, 5.74) is 5.25. The van der Waals surface area contributed by atoms with Crippen LogP contribution in [0.5, 0.6) is 0 Å². The van der Waals surface area contributed by atoms with Crippen LogP contribution in [-0.4, -0.2) is 26.2 Å². The van der Waals surface area contributed by atoms with Crippen molar-refractivity contribution in [2.24, 2.45) is 5.10 Å². The summed E-state index contributed by atoms with van der Waals surface area (Å²) in [6.07, 6.45) is 4.78. The number of hydrogen-bond acceptors (Lipinski definition) is 4. The van der Waals surface area contributed by atoms with Gasteiger partial charge in [0, 0.05) is 34.2 Å². The van der Waals surface area contributed by atoms with Gasteiger partial charge in [0.05, 0.1) is 23.4 Å². The van der Waals surface area contributed by atoms with E-state index in [0.717, 1.165) is 32.7 Å². The number of benzene rings is 3. The van der Waals surface area contributed by atoms with E-state index in [1.54, 1.807) is 6.21 Å². The lowest BCUT2D eigenvalue weighted by molar-refractivity contribution is -0.121. The van der Waals surface area contributed by atoms with Crippen LogP contribution in [0.3, 0.4) is 0 Å². The lowest BCUT2D eigenvalue weighted by Gasteiger charge is -2.05. The van der Waals surface area contributed by atoms with E-state index in [1.165, 1.54) is 18.5 Å². The first kappa shape index (κ1) is 22.5. The SMILES string of the molecule is O=C(Cn1cnc2ccc(F)cc2c1=O)N/N=C/c1cn(Cc2ccc(Cl)cc2)c2ccccc12. The Bertz CT molecular complexity index is 1640. The van der Waals surface area contributed by atoms with Gasteiger partial charge in [-0.15, -0.1) is 0 Å². The second-order valence-electron chi connectivity index (χ2n) is 7.99. The fourth-order valence-electron chi connectivity index (χ4n) is 3.90. The van der Waals surface area contributed by atoms with Gasteiger partial charge < -0.3 is 4.57 Å². The normalized spacial score (nSPS) is 11.5. The zero-order valence-corrected chi connectivity index (χ0v) is 19.1. The van der Waals surface area contributed by atoms with E-state index in [-0.39, 0.29) is 11.9 Å². The van der Waals surface area contributed by atoms with Gasteiger partial charge in [-0.3, -0.25) is 14.2 Å². The molecular weight excluding hydrogens is 469 g/mol. The van der Waals surface area contributed by atoms with E-state index in [9.17, 15) is 14.0 Å². The number of para-hydroxylation sites is 1. The second-order valence-corrected chi connectivity index (χ2v) is 8.42. The molecule has 1 N–H and O–H groups in total. The Morgan fingerprint density at radius 2 is 1.86 bits per heavy atom. The second kappa shape index (κ2) is 9.52. The molecule has 9 heteroatoms. The number of carbonyl (C=O) groups excluding carboxylic acids is 1. The largest absolute Gasteiger partial charge is 0.342 e. The smallest absolute Gasteiger partial charge is 0.261 e. The molecule has 0 bridgehead atoms. The number of halogens is 2. The van der Waals surface area contributed by atoms with Crippen LogP contribution in [0.4, 0.5) is 4.39 Å². The minimum Gasteiger partial charge on any atom is -0.342 e. The van der Waals surface area contributed by atoms with E-state index in [0.29, 0.717) is 17.1 Å². The highest BCUT2D eigenvalue weighted by Crippen LogP contribution is 2.22. The van der Waals surface area contributed by atoms with Crippen molar-refractivity contribution in [3.05, 3.63) is 112 Å². The molecule has 0 saturated heterocycles. The molecule has 2 aromatic heterocycles. The number of hydrogen-bond donors (Lipinski definition) is 1. The number of amides is 1. The number of nitrogens with zero attached hydrogens (tertiary/aromatic N) is 4. The van der Waals surface area contributed by atoms with Gasteiger partial charge in [-0.1, -0.05) is 41.9 Å². The highest BCUT2D eigenvalue weighted by atomic mass is 35.5. The molecule has 7 nitrogen and oxygen atoms in total. The topological polar surface area (TPSA) is 81.3 Å². The third kappa shape index (κ3) is 4.83. The molecule has 0 aliphatic rings. The number of fused-ring (bicyclic) bond motifs is 2. The average Bonchev–Trinajstić information content (AvgIpc) is 3.20. The van der Waals surface area contributed by atoms with E-state index in [1.807, 2.05) is 54.7 Å². The van der Waals surface area contributed by atoms with Crippen molar-refractivity contribution >= 4 is 45.5 Å². The van der Waals surface area contributed by atoms with Crippen LogP contribution in [0.1, 0.15) is 11.1 Å². The third-order valence-electron chi connectivity index (χ3n) is 5.58. The molecule has 35 heavy (non-hydrogen) atoms. The monoisotopic (exact) mass is 487 g/mol. The summed E-state index contributed by atoms with van der Waals surface area (Å²) in [7, 11) is 0. The van der Waals surface area contributed by atoms with E-state index in [2.05, 4.69) is 20.1 Å². The number of aromatic nitrogens is 3. The molecule has 5 rings (SSSR count). The molecule has 0 radical (unpaired) electrons. The number of hydrazone groups is 1. The Morgan fingerprint density at radius 1 is 1.06 bits per heavy atom. The zero-order chi connectivity index (χ0) is 24.4. The first-order valence-corrected chi connectivity index (χ1v) is 11.1. The molecule has 5 aromatic rings. The minimum atomic E-state index is -0.543. The van der Waals surface area contributed by atoms with Gasteiger partial charge in [0.2, 0.25) is 0 Å². The van der Waals surface area contributed by atoms with Crippen molar-refractivity contribution < 1.29 is 9.18 Å². The summed E-state index contributed by atoms with van der Waals surface area (Å²) in [4.78, 5) is 29.1. The predicted octanol–water partition coefficient (Wildman–Crippen LogP) is 4.34. The summed E-state index contributed by atoms with van der Waals surface area (Å²) < 4.78 is 16.7. The lowest BCUT2D eigenvalue weighted by atomic mass is 10.2. The number of carbonyl (C=O) groups is 1. The van der Waals surface area contributed by atoms with E-state index in [4.69, 9.17) is 11.6 Å². The third-order valence-corrected chi connectivity index (χ3v) is 5.83. The van der Waals surface area contributed by atoms with Crippen LogP contribution in [0.2, 0.25) is 5.02 Å². The molecule has 0 aliphatic heterocycles. The van der Waals surface area contributed by atoms with Crippen LogP contribution in [0.15, 0.2) is 89.2 Å². The Hall–Kier alpha value is -4.30. The fraction of sp³-hybridized carbons (Fsp3) is 0.0769. The molecular formula is C26H19ClFN5O2. The molecule has 3 aromatic carbocycles. The summed E-state index contributed by atoms with van der Waals surface area (Å²) in [5, 5.41) is 5.85. The fourth-order valence-corrected chi connectivity index (χ4v) is 4.03. The van der Waals surface area contributed by atoms with Crippen molar-refractivity contribution in [3.63, 3.8) is 0 Å². The average molecular weight is 488 g/mol. The minimum absolute atomic E-state index is 0.109. The van der Waals surface area contributed by atoms with Crippen LogP contribution >= 0.6 is 11.6 Å². The van der Waals surface area contributed by atoms with Gasteiger partial charge in [-0.25, -0.2) is 14.8 Å². The Balaban J connectivity index is 1.32. The van der Waals surface area contributed by atoms with Crippen molar-refractivity contribution in [1.29, 1.82) is 0 Å². The molecule has 0 atom stereocenters. The maximum absolute atomic E-state index is 13.5. The lowest BCUT2D eigenvalue weighted by Crippen LogP contribution is -2.30. The number of nitrogens with one attached hydrogen (secondary N) is 1. The van der Waals surface area contributed by atoms with Crippen LogP contribution in [-0.2, 0) is 17.9 Å². The quantitative estimate of drug-likeness (QED) is 0.286. The van der Waals surface area contributed by atoms with Crippen molar-refractivity contribution in [2.45, 2.75) is 13.1 Å². The summed E-state index contributed by atoms with van der Waals surface area (Å²) >= 11 is 5.99. The van der Waals surface area contributed by atoms with Crippen molar-refractivity contribution in [2.75, 3.05) is 0 Å². The van der Waals surface area contributed by atoms with E-state index < -0.39 is 17.3 Å². The van der Waals surface area contributed by atoms with Crippen LogP contribution < -0.4 is 11.0 Å². The summed E-state index contributed by atoms with van der Waals surface area (Å²) in [5.74, 6) is -1.05. The van der Waals surface area contributed by atoms with Gasteiger partial charge in [-0.05, 0) is 42.0 Å². The summed E-state index contributed by atoms with van der Waals surface area (Å²) in [6, 6.07) is 19.3. The highest BCUT2D eigenvalue weighted by Gasteiger charge is 2.10. The van der Waals surface area contributed by atoms with E-state index >= 15 is 0 Å². The maximum Gasteiger partial charge on any atom is 0.261 e. The van der Waals surface area contributed by atoms with Gasteiger partial charge >= 0.3 is 0 Å². The van der Waals surface area contributed by atoms with Gasteiger partial charge in [0.25, 0.3) is 11.5 Å². The van der Waals surface area contributed by atoms with Crippen molar-refractivity contribution in [1.82, 2.24) is 19.5 Å². The van der Waals surface area contributed by atoms with Crippen LogP contribution in [0.25, 0.3) is 21.8 Å². The summed E-state index contributed by atoms with van der Waals surface area (Å²) in [6.45, 7) is 0.351. The molecule has 0 aliphatic carbocycles. The maximum atomic E-state index is 13.5. The van der Waals surface area contributed by atoms with Crippen molar-refractivity contribution in [3.8, 4) is 0 Å². The first-order valence-electron chi connectivity index (χ1n) is 10.8. The standard InChI is InChI=1S/C26H19ClFN5O2/c27-19-7-5-17(6-8-19)13-32-14-18(21-3-1-2-4-24(21)32)12-30-31-25(34)15-33-16-29-23-10-9-20(28)11-22(23)26(33)35/h1-12,14,16H,13,15H2,(H,31,34)/b30-12+. The molecule has 0 spiro atoms.